The first-order chi connectivity index (χ1) is 40.7. The molecule has 0 radical (unpaired) electrons. The molecule has 0 aromatic heterocycles. The number of rotatable bonds is 63. The van der Waals surface area contributed by atoms with Gasteiger partial charge >= 0.3 is 0 Å². The van der Waals surface area contributed by atoms with Crippen LogP contribution in [0.15, 0.2) is 146 Å². The minimum Gasteiger partial charge on any atom is -0.394 e. The molecule has 0 saturated carbocycles. The van der Waals surface area contributed by atoms with Gasteiger partial charge in [-0.05, 0) is 116 Å². The summed E-state index contributed by atoms with van der Waals surface area (Å²) in [6.45, 7) is 4.20. The maximum absolute atomic E-state index is 12.5. The molecule has 3 N–H and O–H groups in total. The third kappa shape index (κ3) is 67.1. The number of nitrogens with one attached hydrogen (secondary N) is 1. The van der Waals surface area contributed by atoms with Crippen molar-refractivity contribution in [3.05, 3.63) is 146 Å². The van der Waals surface area contributed by atoms with Gasteiger partial charge in [0.15, 0.2) is 0 Å². The normalized spacial score (nSPS) is 13.7. The van der Waals surface area contributed by atoms with Crippen molar-refractivity contribution in [1.82, 2.24) is 5.32 Å². The average molecular weight is 1130 g/mol. The van der Waals surface area contributed by atoms with E-state index in [0.29, 0.717) is 6.42 Å². The molecule has 0 heterocycles. The maximum atomic E-state index is 12.5. The van der Waals surface area contributed by atoms with Gasteiger partial charge in [-0.1, -0.05) is 346 Å². The van der Waals surface area contributed by atoms with Crippen LogP contribution in [0.2, 0.25) is 0 Å². The molecule has 4 nitrogen and oxygen atoms in total. The van der Waals surface area contributed by atoms with Crippen LogP contribution in [0.5, 0.6) is 0 Å². The smallest absolute Gasteiger partial charge is 0.220 e. The van der Waals surface area contributed by atoms with E-state index >= 15 is 0 Å². The van der Waals surface area contributed by atoms with Gasteiger partial charge in [-0.15, -0.1) is 0 Å². The summed E-state index contributed by atoms with van der Waals surface area (Å²) in [5.74, 6) is -0.0817. The monoisotopic (exact) mass is 1130 g/mol. The van der Waals surface area contributed by atoms with Gasteiger partial charge in [0.25, 0.3) is 0 Å². The number of hydrogen-bond donors (Lipinski definition) is 3. The number of aliphatic hydroxyl groups excluding tert-OH is 2. The van der Waals surface area contributed by atoms with Crippen molar-refractivity contribution in [2.45, 2.75) is 334 Å². The molecular formula is C78H133NO3. The van der Waals surface area contributed by atoms with Crippen LogP contribution < -0.4 is 5.32 Å². The van der Waals surface area contributed by atoms with Crippen LogP contribution in [-0.4, -0.2) is 34.9 Å². The number of hydrogen-bond acceptors (Lipinski definition) is 3. The second-order valence-electron chi connectivity index (χ2n) is 23.2. The Kier molecular flexibility index (Phi) is 68.3. The minimum absolute atomic E-state index is 0.0817. The molecule has 0 aromatic carbocycles. The van der Waals surface area contributed by atoms with Crippen LogP contribution in [0.1, 0.15) is 322 Å². The first-order valence-corrected chi connectivity index (χ1v) is 35.0. The lowest BCUT2D eigenvalue weighted by molar-refractivity contribution is -0.123. The van der Waals surface area contributed by atoms with Gasteiger partial charge in [0.1, 0.15) is 0 Å². The van der Waals surface area contributed by atoms with E-state index in [1.807, 2.05) is 6.08 Å². The molecule has 2 atom stereocenters. The van der Waals surface area contributed by atoms with Gasteiger partial charge in [0, 0.05) is 6.42 Å². The zero-order valence-electron chi connectivity index (χ0n) is 54.0. The van der Waals surface area contributed by atoms with Crippen LogP contribution in [0.4, 0.5) is 0 Å². The number of carbonyl (C=O) groups is 1. The van der Waals surface area contributed by atoms with Crippen LogP contribution in [0.25, 0.3) is 0 Å². The molecule has 82 heavy (non-hydrogen) atoms. The second kappa shape index (κ2) is 71.5. The van der Waals surface area contributed by atoms with Crippen molar-refractivity contribution >= 4 is 5.91 Å². The fourth-order valence-corrected chi connectivity index (χ4v) is 10.0. The van der Waals surface area contributed by atoms with E-state index in [-0.39, 0.29) is 12.5 Å². The standard InChI is InChI=1S/C78H133NO3/c1-3-5-7-9-11-13-15-17-19-21-23-25-27-29-31-33-34-35-36-37-38-39-40-41-42-43-44-46-48-50-52-54-56-58-60-62-64-66-68-70-72-74-78(82)79-76(75-80)77(81)73-71-69-67-65-63-61-59-57-55-53-51-49-47-45-32-30-28-26-24-22-20-18-16-14-12-10-8-6-4-2/h5,7,11,13,17,19,23,25,29,31,34-35,37-38,40-41,43-44,55,57,63,65,71,73,76-77,80-81H,3-4,6,8-10,12,14-16,18,20-22,24,26-28,30,32-33,36,39,42,45-54,56,58-62,64,66-70,72,74-75H2,1-2H3,(H,79,82)/b7-5-,13-11-,19-17-,25-23-,31-29-,35-34-,38-37-,41-40-,44-43-,57-55+,65-63+,73-71+. The molecule has 468 valence electrons. The highest BCUT2D eigenvalue weighted by Gasteiger charge is 2.18. The van der Waals surface area contributed by atoms with Gasteiger partial charge in [0.05, 0.1) is 18.8 Å². The molecule has 0 aliphatic carbocycles. The molecule has 0 rings (SSSR count). The number of allylic oxidation sites excluding steroid dienone is 23. The van der Waals surface area contributed by atoms with Crippen molar-refractivity contribution in [3.63, 3.8) is 0 Å². The highest BCUT2D eigenvalue weighted by Crippen LogP contribution is 2.17. The van der Waals surface area contributed by atoms with Gasteiger partial charge in [-0.2, -0.15) is 0 Å². The summed E-state index contributed by atoms with van der Waals surface area (Å²) in [5, 5.41) is 23.3. The molecule has 0 fully saturated rings. The lowest BCUT2D eigenvalue weighted by Crippen LogP contribution is -2.45. The van der Waals surface area contributed by atoms with Crippen LogP contribution in [0, 0.1) is 0 Å². The van der Waals surface area contributed by atoms with Crippen LogP contribution >= 0.6 is 0 Å². The molecular weight excluding hydrogens is 999 g/mol. The molecule has 2 unspecified atom stereocenters. The fraction of sp³-hybridized carbons (Fsp3) is 0.679. The summed E-state index contributed by atoms with van der Waals surface area (Å²) in [6, 6.07) is -0.657. The second-order valence-corrected chi connectivity index (χ2v) is 23.2. The third-order valence-electron chi connectivity index (χ3n) is 15.3. The third-order valence-corrected chi connectivity index (χ3v) is 15.3. The highest BCUT2D eigenvalue weighted by atomic mass is 16.3. The van der Waals surface area contributed by atoms with Crippen molar-refractivity contribution in [2.24, 2.45) is 0 Å². The molecule has 0 aliphatic heterocycles. The first kappa shape index (κ1) is 78.3. The first-order valence-electron chi connectivity index (χ1n) is 35.0. The van der Waals surface area contributed by atoms with Crippen molar-refractivity contribution < 1.29 is 15.0 Å². The SMILES string of the molecule is CC/C=C\C/C=C\C/C=C\C/C=C\C/C=C\C/C=C\C/C=C\C/C=C\C/C=C\CCCCCCCCCCCCCCCC(=O)NC(CO)C(O)/C=C/CC/C=C/CC/C=C/CCCCCCCCCCCCCCCCCCCCC. The summed E-state index contributed by atoms with van der Waals surface area (Å²) >= 11 is 0. The van der Waals surface area contributed by atoms with E-state index in [2.05, 4.69) is 153 Å². The van der Waals surface area contributed by atoms with Crippen LogP contribution in [-0.2, 0) is 4.79 Å². The molecule has 1 amide bonds. The molecule has 0 saturated heterocycles. The molecule has 0 spiro atoms. The molecule has 4 heteroatoms. The van der Waals surface area contributed by atoms with E-state index in [9.17, 15) is 15.0 Å². The predicted molar refractivity (Wildman–Crippen MR) is 368 cm³/mol. The molecule has 0 aliphatic rings. The van der Waals surface area contributed by atoms with E-state index < -0.39 is 12.1 Å². The number of aliphatic hydroxyl groups is 2. The van der Waals surface area contributed by atoms with Gasteiger partial charge in [-0.3, -0.25) is 4.79 Å². The molecule has 0 bridgehead atoms. The Hall–Kier alpha value is -3.73. The van der Waals surface area contributed by atoms with Gasteiger partial charge < -0.3 is 15.5 Å². The lowest BCUT2D eigenvalue weighted by atomic mass is 10.0. The zero-order valence-corrected chi connectivity index (χ0v) is 54.0. The summed E-state index contributed by atoms with van der Waals surface area (Å²) < 4.78 is 0. The van der Waals surface area contributed by atoms with Crippen LogP contribution in [0.3, 0.4) is 0 Å². The summed E-state index contributed by atoms with van der Waals surface area (Å²) in [6.07, 6.45) is 112. The quantitative estimate of drug-likeness (QED) is 0.0420. The topological polar surface area (TPSA) is 69.6 Å². The summed E-state index contributed by atoms with van der Waals surface area (Å²) in [4.78, 5) is 12.5. The average Bonchev–Trinajstić information content (AvgIpc) is 3.50. The van der Waals surface area contributed by atoms with E-state index in [4.69, 9.17) is 0 Å². The van der Waals surface area contributed by atoms with E-state index in [1.54, 1.807) is 6.08 Å². The number of unbranched alkanes of at least 4 members (excludes halogenated alkanes) is 34. The highest BCUT2D eigenvalue weighted by molar-refractivity contribution is 5.76. The van der Waals surface area contributed by atoms with Crippen molar-refractivity contribution in [3.8, 4) is 0 Å². The molecule has 0 aromatic rings. The lowest BCUT2D eigenvalue weighted by Gasteiger charge is -2.19. The largest absolute Gasteiger partial charge is 0.394 e. The van der Waals surface area contributed by atoms with Gasteiger partial charge in [-0.25, -0.2) is 0 Å². The Morgan fingerprint density at radius 3 is 0.854 bits per heavy atom. The van der Waals surface area contributed by atoms with Gasteiger partial charge in [0.2, 0.25) is 5.91 Å². The Balaban J connectivity index is 3.58. The van der Waals surface area contributed by atoms with E-state index in [0.717, 1.165) is 96.3 Å². The maximum Gasteiger partial charge on any atom is 0.220 e. The van der Waals surface area contributed by atoms with Crippen molar-refractivity contribution in [1.29, 1.82) is 0 Å². The Labute approximate surface area is 510 Å². The van der Waals surface area contributed by atoms with Crippen molar-refractivity contribution in [2.75, 3.05) is 6.61 Å². The Morgan fingerprint density at radius 2 is 0.549 bits per heavy atom. The van der Waals surface area contributed by atoms with E-state index in [1.165, 1.54) is 205 Å². The number of carbonyl (C=O) groups excluding carboxylic acids is 1. The summed E-state index contributed by atoms with van der Waals surface area (Å²) in [7, 11) is 0. The Morgan fingerprint density at radius 1 is 0.305 bits per heavy atom. The summed E-state index contributed by atoms with van der Waals surface area (Å²) in [5.41, 5.74) is 0. The fourth-order valence-electron chi connectivity index (χ4n) is 10.0. The zero-order chi connectivity index (χ0) is 59.1. The predicted octanol–water partition coefficient (Wildman–Crippen LogP) is 24.3. The Bertz CT molecular complexity index is 1670. The minimum atomic E-state index is -0.881. The number of amides is 1.